The molecule has 1 saturated heterocycles. The van der Waals surface area contributed by atoms with Crippen LogP contribution in [0.5, 0.6) is 0 Å². The molecule has 0 unspecified atom stereocenters. The van der Waals surface area contributed by atoms with Crippen molar-refractivity contribution in [2.24, 2.45) is 5.73 Å². The summed E-state index contributed by atoms with van der Waals surface area (Å²) in [5, 5.41) is 0. The number of hydrogen-bond donors (Lipinski definition) is 2. The van der Waals surface area contributed by atoms with Crippen LogP contribution in [-0.4, -0.2) is 51.6 Å². The van der Waals surface area contributed by atoms with E-state index in [0.29, 0.717) is 11.6 Å². The largest absolute Gasteiger partial charge is 0.383 e. The first-order valence-corrected chi connectivity index (χ1v) is 16.7. The standard InChI is InChI=1S/C32H34N7OP/c1-41(40)19-17-38(18-20-41)25-6-2-5-22(21-25)27-12-13-28-31(36-27)39(30(37-28)26-7-3-16-35-29(26)33)24-10-8-23(9-11-24)32(34)14-4-15-32/h2-3,5-13,16,21H,4,14-15,17-20,34H2,1H3,(H2,33,35). The number of nitrogen functional groups attached to an aromatic ring is 1. The maximum Gasteiger partial charge on any atom is 0.165 e. The van der Waals surface area contributed by atoms with E-state index in [1.54, 1.807) is 6.20 Å². The quantitative estimate of drug-likeness (QED) is 0.257. The Morgan fingerprint density at radius 3 is 2.39 bits per heavy atom. The zero-order chi connectivity index (χ0) is 28.2. The van der Waals surface area contributed by atoms with Crippen LogP contribution in [0.2, 0.25) is 0 Å². The van der Waals surface area contributed by atoms with E-state index in [-0.39, 0.29) is 5.54 Å². The molecule has 1 aliphatic carbocycles. The highest BCUT2D eigenvalue weighted by Gasteiger charge is 2.34. The molecule has 0 bridgehead atoms. The number of anilines is 2. The topological polar surface area (TPSA) is 116 Å². The van der Waals surface area contributed by atoms with Gasteiger partial charge >= 0.3 is 0 Å². The number of aromatic nitrogens is 4. The summed E-state index contributed by atoms with van der Waals surface area (Å²) < 4.78 is 14.6. The van der Waals surface area contributed by atoms with Gasteiger partial charge in [-0.2, -0.15) is 0 Å². The number of nitrogens with two attached hydrogens (primary N) is 2. The van der Waals surface area contributed by atoms with E-state index in [1.807, 2.05) is 30.9 Å². The molecule has 9 heteroatoms. The number of imidazole rings is 1. The van der Waals surface area contributed by atoms with Crippen molar-refractivity contribution in [3.8, 4) is 28.3 Å². The van der Waals surface area contributed by atoms with Gasteiger partial charge in [-0.15, -0.1) is 0 Å². The minimum Gasteiger partial charge on any atom is -0.383 e. The Hall–Kier alpha value is -4.00. The first kappa shape index (κ1) is 25.9. The number of nitrogens with zero attached hydrogens (tertiary/aromatic N) is 5. The monoisotopic (exact) mass is 563 g/mol. The highest BCUT2D eigenvalue weighted by atomic mass is 31.2. The van der Waals surface area contributed by atoms with Crippen LogP contribution in [0.4, 0.5) is 11.5 Å². The van der Waals surface area contributed by atoms with Gasteiger partial charge in [0.15, 0.2) is 11.5 Å². The zero-order valence-corrected chi connectivity index (χ0v) is 24.1. The van der Waals surface area contributed by atoms with E-state index in [2.05, 4.69) is 63.0 Å². The third-order valence-corrected chi connectivity index (χ3v) is 11.0. The molecule has 2 aliphatic rings. The smallest absolute Gasteiger partial charge is 0.165 e. The molecular formula is C32H34N7OP. The van der Waals surface area contributed by atoms with Crippen LogP contribution in [0.3, 0.4) is 0 Å². The zero-order valence-electron chi connectivity index (χ0n) is 23.2. The summed E-state index contributed by atoms with van der Waals surface area (Å²) in [6.45, 7) is 3.55. The van der Waals surface area contributed by atoms with Crippen molar-refractivity contribution in [1.82, 2.24) is 19.5 Å². The van der Waals surface area contributed by atoms with Crippen LogP contribution in [-0.2, 0) is 10.1 Å². The van der Waals surface area contributed by atoms with Gasteiger partial charge in [-0.25, -0.2) is 15.0 Å². The maximum atomic E-state index is 12.5. The molecule has 2 fully saturated rings. The van der Waals surface area contributed by atoms with Crippen molar-refractivity contribution >= 4 is 29.8 Å². The maximum absolute atomic E-state index is 12.5. The minimum absolute atomic E-state index is 0.231. The summed E-state index contributed by atoms with van der Waals surface area (Å²) in [5.74, 6) is 1.11. The summed E-state index contributed by atoms with van der Waals surface area (Å²) in [5.41, 5.74) is 20.1. The van der Waals surface area contributed by atoms with Gasteiger partial charge in [0, 0.05) is 54.1 Å². The van der Waals surface area contributed by atoms with Gasteiger partial charge < -0.3 is 20.9 Å². The second kappa shape index (κ2) is 9.82. The molecule has 0 radical (unpaired) electrons. The first-order chi connectivity index (χ1) is 19.8. The van der Waals surface area contributed by atoms with Crippen molar-refractivity contribution in [1.29, 1.82) is 0 Å². The Kier molecular flexibility index (Phi) is 6.21. The van der Waals surface area contributed by atoms with Crippen molar-refractivity contribution in [2.45, 2.75) is 24.8 Å². The van der Waals surface area contributed by atoms with Crippen LogP contribution in [0.15, 0.2) is 79.0 Å². The van der Waals surface area contributed by atoms with E-state index in [4.69, 9.17) is 21.4 Å². The molecule has 4 heterocycles. The predicted octanol–water partition coefficient (Wildman–Crippen LogP) is 5.88. The van der Waals surface area contributed by atoms with Crippen LogP contribution in [0.1, 0.15) is 24.8 Å². The lowest BCUT2D eigenvalue weighted by atomic mass is 9.73. The summed E-state index contributed by atoms with van der Waals surface area (Å²) in [4.78, 5) is 16.8. The van der Waals surface area contributed by atoms with Crippen LogP contribution >= 0.6 is 7.14 Å². The van der Waals surface area contributed by atoms with Crippen LogP contribution in [0, 0.1) is 0 Å². The number of hydrogen-bond acceptors (Lipinski definition) is 7. The second-order valence-corrected chi connectivity index (χ2v) is 15.1. The fourth-order valence-electron chi connectivity index (χ4n) is 5.95. The summed E-state index contributed by atoms with van der Waals surface area (Å²) in [6, 6.07) is 24.7. The Bertz CT molecular complexity index is 1800. The fraction of sp³-hybridized carbons (Fsp3) is 0.281. The summed E-state index contributed by atoms with van der Waals surface area (Å²) in [7, 11) is -2.00. The van der Waals surface area contributed by atoms with Gasteiger partial charge in [-0.3, -0.25) is 4.57 Å². The minimum atomic E-state index is -2.00. The van der Waals surface area contributed by atoms with Crippen molar-refractivity contribution in [3.05, 3.63) is 84.6 Å². The predicted molar refractivity (Wildman–Crippen MR) is 167 cm³/mol. The lowest BCUT2D eigenvalue weighted by Gasteiger charge is -2.38. The van der Waals surface area contributed by atoms with E-state index < -0.39 is 7.14 Å². The highest BCUT2D eigenvalue weighted by Crippen LogP contribution is 2.44. The van der Waals surface area contributed by atoms with Crippen molar-refractivity contribution in [3.63, 3.8) is 0 Å². The fourth-order valence-corrected chi connectivity index (χ4v) is 7.50. The number of benzene rings is 2. The third kappa shape index (κ3) is 4.71. The molecular weight excluding hydrogens is 529 g/mol. The van der Waals surface area contributed by atoms with Crippen molar-refractivity contribution < 1.29 is 4.57 Å². The number of fused-ring (bicyclic) bond motifs is 1. The molecule has 4 N–H and O–H groups in total. The van der Waals surface area contributed by atoms with Gasteiger partial charge in [0.2, 0.25) is 0 Å². The van der Waals surface area contributed by atoms with Gasteiger partial charge in [-0.1, -0.05) is 24.3 Å². The Balaban J connectivity index is 1.33. The molecule has 1 saturated carbocycles. The molecule has 0 amide bonds. The molecule has 5 aromatic rings. The molecule has 7 rings (SSSR count). The summed E-state index contributed by atoms with van der Waals surface area (Å²) in [6.07, 6.45) is 6.38. The SMILES string of the molecule is CP1(=O)CCN(c2cccc(-c3ccc4nc(-c5cccnc5N)n(-c5ccc(C6(N)CCC6)cc5)c4n3)c2)CC1. The Labute approximate surface area is 239 Å². The summed E-state index contributed by atoms with van der Waals surface area (Å²) >= 11 is 0. The molecule has 208 valence electrons. The molecule has 3 aromatic heterocycles. The molecule has 8 nitrogen and oxygen atoms in total. The average Bonchev–Trinajstić information content (AvgIpc) is 3.35. The molecule has 1 aliphatic heterocycles. The highest BCUT2D eigenvalue weighted by molar-refractivity contribution is 7.63. The molecule has 2 aromatic carbocycles. The third-order valence-electron chi connectivity index (χ3n) is 8.72. The Morgan fingerprint density at radius 1 is 0.902 bits per heavy atom. The Morgan fingerprint density at radius 2 is 1.68 bits per heavy atom. The van der Waals surface area contributed by atoms with Crippen LogP contribution < -0.4 is 16.4 Å². The first-order valence-electron chi connectivity index (χ1n) is 14.2. The van der Waals surface area contributed by atoms with E-state index >= 15 is 0 Å². The van der Waals surface area contributed by atoms with Crippen molar-refractivity contribution in [2.75, 3.05) is 42.7 Å². The lowest BCUT2D eigenvalue weighted by Crippen LogP contribution is -2.43. The average molecular weight is 564 g/mol. The molecule has 41 heavy (non-hydrogen) atoms. The van der Waals surface area contributed by atoms with Gasteiger partial charge in [0.25, 0.3) is 0 Å². The lowest BCUT2D eigenvalue weighted by molar-refractivity contribution is 0.253. The number of pyridine rings is 2. The van der Waals surface area contributed by atoms with E-state index in [1.165, 1.54) is 6.42 Å². The van der Waals surface area contributed by atoms with Gasteiger partial charge in [0.05, 0.1) is 18.4 Å². The molecule has 0 spiro atoms. The van der Waals surface area contributed by atoms with Gasteiger partial charge in [-0.05, 0) is 80.0 Å². The van der Waals surface area contributed by atoms with Gasteiger partial charge in [0.1, 0.15) is 11.3 Å². The normalized spacial score (nSPS) is 17.9. The number of rotatable bonds is 5. The van der Waals surface area contributed by atoms with Crippen LogP contribution in [0.25, 0.3) is 39.5 Å². The molecule has 0 atom stereocenters. The van der Waals surface area contributed by atoms with E-state index in [9.17, 15) is 4.57 Å². The second-order valence-electron chi connectivity index (χ2n) is 11.6. The van der Waals surface area contributed by atoms with E-state index in [0.717, 1.165) is 83.2 Å².